The Hall–Kier alpha value is -2.70. The maximum absolute atomic E-state index is 13.4. The van der Waals surface area contributed by atoms with Gasteiger partial charge in [0.15, 0.2) is 11.6 Å². The summed E-state index contributed by atoms with van der Waals surface area (Å²) in [7, 11) is 0. The van der Waals surface area contributed by atoms with Gasteiger partial charge in [-0.2, -0.15) is 0 Å². The lowest BCUT2D eigenvalue weighted by atomic mass is 9.82. The van der Waals surface area contributed by atoms with Crippen molar-refractivity contribution in [2.75, 3.05) is 36.9 Å². The highest BCUT2D eigenvalue weighted by Crippen LogP contribution is 2.36. The van der Waals surface area contributed by atoms with Gasteiger partial charge in [0.2, 0.25) is 0 Å². The minimum Gasteiger partial charge on any atom is -0.396 e. The standard InChI is InChI=1S/C24H30N2O4/c1-23(2,13-27)11-25-17-9-5-7-15-19(17)21(29)16-8-6-10-18(20(16)22(15)30)26-12-24(3,4)14-28/h5-10,25-28H,11-14H2,1-4H3. The highest BCUT2D eigenvalue weighted by Gasteiger charge is 2.34. The van der Waals surface area contributed by atoms with Gasteiger partial charge in [-0.05, 0) is 12.1 Å². The topological polar surface area (TPSA) is 98.7 Å². The van der Waals surface area contributed by atoms with Crippen molar-refractivity contribution in [2.24, 2.45) is 10.8 Å². The first-order valence-corrected chi connectivity index (χ1v) is 10.2. The first-order chi connectivity index (χ1) is 14.1. The molecule has 2 aromatic carbocycles. The van der Waals surface area contributed by atoms with E-state index >= 15 is 0 Å². The van der Waals surface area contributed by atoms with E-state index in [0.29, 0.717) is 46.7 Å². The molecule has 3 rings (SSSR count). The Bertz CT molecular complexity index is 900. The van der Waals surface area contributed by atoms with Crippen LogP contribution in [0.25, 0.3) is 0 Å². The summed E-state index contributed by atoms with van der Waals surface area (Å²) in [6.45, 7) is 8.62. The van der Waals surface area contributed by atoms with Gasteiger partial charge in [0.1, 0.15) is 0 Å². The molecule has 6 nitrogen and oxygen atoms in total. The van der Waals surface area contributed by atoms with Crippen LogP contribution in [-0.2, 0) is 0 Å². The number of rotatable bonds is 8. The van der Waals surface area contributed by atoms with Crippen molar-refractivity contribution in [3.63, 3.8) is 0 Å². The molecule has 160 valence electrons. The molecule has 0 heterocycles. The van der Waals surface area contributed by atoms with Crippen LogP contribution in [0.5, 0.6) is 0 Å². The zero-order valence-corrected chi connectivity index (χ0v) is 18.0. The van der Waals surface area contributed by atoms with Crippen molar-refractivity contribution >= 4 is 22.9 Å². The van der Waals surface area contributed by atoms with Crippen molar-refractivity contribution in [3.05, 3.63) is 58.7 Å². The summed E-state index contributed by atoms with van der Waals surface area (Å²) in [6.07, 6.45) is 0. The van der Waals surface area contributed by atoms with Gasteiger partial charge in [0, 0.05) is 59.6 Å². The van der Waals surface area contributed by atoms with Gasteiger partial charge in [-0.15, -0.1) is 0 Å². The fourth-order valence-electron chi connectivity index (χ4n) is 3.32. The minimum atomic E-state index is -0.362. The third-order valence-corrected chi connectivity index (χ3v) is 5.44. The van der Waals surface area contributed by atoms with Gasteiger partial charge in [0.05, 0.1) is 11.1 Å². The highest BCUT2D eigenvalue weighted by atomic mass is 16.3. The summed E-state index contributed by atoms with van der Waals surface area (Å²) in [5.41, 5.74) is 1.95. The molecule has 6 heteroatoms. The molecule has 1 aliphatic rings. The van der Waals surface area contributed by atoms with Crippen LogP contribution in [0.1, 0.15) is 59.5 Å². The molecule has 0 bridgehead atoms. The average Bonchev–Trinajstić information content (AvgIpc) is 2.74. The normalized spacial score (nSPS) is 13.7. The number of hydrogen-bond donors (Lipinski definition) is 4. The second kappa shape index (κ2) is 8.20. The minimum absolute atomic E-state index is 0.00392. The molecular formula is C24H30N2O4. The maximum atomic E-state index is 13.4. The molecule has 0 saturated heterocycles. The molecule has 0 atom stereocenters. The lowest BCUT2D eigenvalue weighted by Crippen LogP contribution is -2.30. The second-order valence-corrected chi connectivity index (χ2v) is 9.47. The molecule has 0 fully saturated rings. The smallest absolute Gasteiger partial charge is 0.196 e. The molecule has 4 N–H and O–H groups in total. The summed E-state index contributed by atoms with van der Waals surface area (Å²) < 4.78 is 0. The first kappa shape index (κ1) is 22.0. The van der Waals surface area contributed by atoms with Crippen molar-refractivity contribution < 1.29 is 19.8 Å². The fraction of sp³-hybridized carbons (Fsp3) is 0.417. The monoisotopic (exact) mass is 410 g/mol. The summed E-state index contributed by atoms with van der Waals surface area (Å²) in [4.78, 5) is 26.7. The molecule has 0 spiro atoms. The van der Waals surface area contributed by atoms with E-state index in [9.17, 15) is 19.8 Å². The van der Waals surface area contributed by atoms with Crippen LogP contribution in [0.15, 0.2) is 36.4 Å². The Morgan fingerprint density at radius 3 is 1.40 bits per heavy atom. The van der Waals surface area contributed by atoms with Gasteiger partial charge in [-0.3, -0.25) is 9.59 Å². The van der Waals surface area contributed by atoms with Crippen LogP contribution >= 0.6 is 0 Å². The summed E-state index contributed by atoms with van der Waals surface area (Å²) >= 11 is 0. The molecule has 0 saturated carbocycles. The zero-order chi connectivity index (χ0) is 22.1. The predicted octanol–water partition coefficient (Wildman–Crippen LogP) is 3.32. The van der Waals surface area contributed by atoms with Crippen LogP contribution in [0.4, 0.5) is 11.4 Å². The van der Waals surface area contributed by atoms with E-state index in [4.69, 9.17) is 0 Å². The zero-order valence-electron chi connectivity index (χ0n) is 18.0. The van der Waals surface area contributed by atoms with Crippen LogP contribution < -0.4 is 10.6 Å². The lowest BCUT2D eigenvalue weighted by molar-refractivity contribution is 0.0980. The molecule has 0 radical (unpaired) electrons. The number of anilines is 2. The SMILES string of the molecule is CC(C)(CO)CNc1cccc2c1C(=O)c1cccc(NCC(C)(C)CO)c1C2=O. The predicted molar refractivity (Wildman–Crippen MR) is 118 cm³/mol. The summed E-state index contributed by atoms with van der Waals surface area (Å²) in [6, 6.07) is 10.4. The number of carbonyl (C=O) groups is 2. The molecule has 0 unspecified atom stereocenters. The highest BCUT2D eigenvalue weighted by molar-refractivity contribution is 6.31. The van der Waals surface area contributed by atoms with Gasteiger partial charge < -0.3 is 20.8 Å². The molecular weight excluding hydrogens is 380 g/mol. The van der Waals surface area contributed by atoms with Gasteiger partial charge in [-0.25, -0.2) is 0 Å². The maximum Gasteiger partial charge on any atom is 0.196 e. The van der Waals surface area contributed by atoms with E-state index in [1.54, 1.807) is 36.4 Å². The molecule has 0 aliphatic heterocycles. The van der Waals surface area contributed by atoms with Gasteiger partial charge >= 0.3 is 0 Å². The van der Waals surface area contributed by atoms with Crippen LogP contribution in [0.2, 0.25) is 0 Å². The van der Waals surface area contributed by atoms with Crippen molar-refractivity contribution in [1.29, 1.82) is 0 Å². The molecule has 30 heavy (non-hydrogen) atoms. The van der Waals surface area contributed by atoms with E-state index in [1.165, 1.54) is 0 Å². The fourth-order valence-corrected chi connectivity index (χ4v) is 3.32. The third-order valence-electron chi connectivity index (χ3n) is 5.44. The first-order valence-electron chi connectivity index (χ1n) is 10.2. The van der Waals surface area contributed by atoms with Crippen molar-refractivity contribution in [3.8, 4) is 0 Å². The Morgan fingerprint density at radius 1 is 0.700 bits per heavy atom. The second-order valence-electron chi connectivity index (χ2n) is 9.47. The third kappa shape index (κ3) is 4.25. The number of hydrogen-bond acceptors (Lipinski definition) is 6. The van der Waals surface area contributed by atoms with E-state index in [1.807, 2.05) is 27.7 Å². The van der Waals surface area contributed by atoms with Crippen LogP contribution in [0, 0.1) is 10.8 Å². The number of fused-ring (bicyclic) bond motifs is 2. The number of aliphatic hydroxyl groups excluding tert-OH is 2. The van der Waals surface area contributed by atoms with E-state index in [2.05, 4.69) is 10.6 Å². The molecule has 0 amide bonds. The molecule has 2 aromatic rings. The quantitative estimate of drug-likeness (QED) is 0.455. The average molecular weight is 411 g/mol. The Labute approximate surface area is 177 Å². The lowest BCUT2D eigenvalue weighted by Gasteiger charge is -2.27. The Morgan fingerprint density at radius 2 is 1.07 bits per heavy atom. The van der Waals surface area contributed by atoms with Gasteiger partial charge in [-0.1, -0.05) is 52.0 Å². The summed E-state index contributed by atoms with van der Waals surface area (Å²) in [5.74, 6) is -0.399. The largest absolute Gasteiger partial charge is 0.396 e. The number of ketones is 2. The molecule has 0 aromatic heterocycles. The van der Waals surface area contributed by atoms with Crippen molar-refractivity contribution in [1.82, 2.24) is 0 Å². The summed E-state index contributed by atoms with van der Waals surface area (Å²) in [5, 5.41) is 25.5. The number of carbonyl (C=O) groups excluding carboxylic acids is 2. The van der Waals surface area contributed by atoms with Crippen molar-refractivity contribution in [2.45, 2.75) is 27.7 Å². The number of nitrogens with one attached hydrogen (secondary N) is 2. The molecule has 1 aliphatic carbocycles. The Kier molecular flexibility index (Phi) is 6.01. The number of aliphatic hydroxyl groups is 2. The van der Waals surface area contributed by atoms with E-state index in [-0.39, 0.29) is 35.6 Å². The van der Waals surface area contributed by atoms with Crippen LogP contribution in [-0.4, -0.2) is 48.1 Å². The van der Waals surface area contributed by atoms with Crippen LogP contribution in [0.3, 0.4) is 0 Å². The van der Waals surface area contributed by atoms with E-state index in [0.717, 1.165) is 0 Å². The Balaban J connectivity index is 1.99. The van der Waals surface area contributed by atoms with E-state index < -0.39 is 0 Å². The number of benzene rings is 2. The van der Waals surface area contributed by atoms with Gasteiger partial charge in [0.25, 0.3) is 0 Å².